The van der Waals surface area contributed by atoms with Crippen molar-refractivity contribution in [2.24, 2.45) is 0 Å². The molecule has 0 radical (unpaired) electrons. The van der Waals surface area contributed by atoms with Gasteiger partial charge in [-0.3, -0.25) is 0 Å². The molecular formula is C16H13N5. The van der Waals surface area contributed by atoms with Gasteiger partial charge in [-0.15, -0.1) is 5.10 Å². The summed E-state index contributed by atoms with van der Waals surface area (Å²) in [6.07, 6.45) is 1.66. The van der Waals surface area contributed by atoms with Gasteiger partial charge >= 0.3 is 0 Å². The average Bonchev–Trinajstić information content (AvgIpc) is 2.98. The van der Waals surface area contributed by atoms with Gasteiger partial charge in [0.15, 0.2) is 5.82 Å². The van der Waals surface area contributed by atoms with E-state index < -0.39 is 0 Å². The van der Waals surface area contributed by atoms with Gasteiger partial charge in [-0.1, -0.05) is 0 Å². The molecule has 0 saturated carbocycles. The minimum Gasteiger partial charge on any atom is -0.399 e. The van der Waals surface area contributed by atoms with Crippen LogP contribution < -0.4 is 5.73 Å². The van der Waals surface area contributed by atoms with Gasteiger partial charge in [0.05, 0.1) is 17.3 Å². The van der Waals surface area contributed by atoms with Crippen LogP contribution in [0.1, 0.15) is 11.1 Å². The van der Waals surface area contributed by atoms with E-state index in [1.807, 2.05) is 43.3 Å². The van der Waals surface area contributed by atoms with E-state index in [0.717, 1.165) is 16.8 Å². The highest BCUT2D eigenvalue weighted by Gasteiger charge is 2.06. The molecule has 0 amide bonds. The number of nitrogen functional groups attached to an aromatic ring is 1. The molecule has 1 heterocycles. The maximum atomic E-state index is 8.96. The SMILES string of the molecule is Cc1cc(-n2cnc(-c3ccc(N)cc3)n2)ccc1C#N. The fourth-order valence-corrected chi connectivity index (χ4v) is 2.07. The molecule has 5 nitrogen and oxygen atoms in total. The minimum atomic E-state index is 0.636. The van der Waals surface area contributed by atoms with Crippen LogP contribution in [0.5, 0.6) is 0 Å². The van der Waals surface area contributed by atoms with Crippen LogP contribution in [0, 0.1) is 18.3 Å². The van der Waals surface area contributed by atoms with Crippen molar-refractivity contribution >= 4 is 5.69 Å². The molecule has 0 bridgehead atoms. The molecule has 102 valence electrons. The molecule has 3 aromatic rings. The molecule has 21 heavy (non-hydrogen) atoms. The summed E-state index contributed by atoms with van der Waals surface area (Å²) >= 11 is 0. The molecular weight excluding hydrogens is 262 g/mol. The zero-order valence-corrected chi connectivity index (χ0v) is 11.5. The van der Waals surface area contributed by atoms with Crippen molar-refractivity contribution in [2.75, 3.05) is 5.73 Å². The Balaban J connectivity index is 1.97. The van der Waals surface area contributed by atoms with Crippen molar-refractivity contribution < 1.29 is 0 Å². The first-order valence-corrected chi connectivity index (χ1v) is 6.46. The van der Waals surface area contributed by atoms with E-state index in [9.17, 15) is 0 Å². The predicted molar refractivity (Wildman–Crippen MR) is 80.7 cm³/mol. The van der Waals surface area contributed by atoms with Crippen LogP contribution in [0.3, 0.4) is 0 Å². The lowest BCUT2D eigenvalue weighted by Crippen LogP contribution is -1.96. The highest BCUT2D eigenvalue weighted by molar-refractivity contribution is 5.58. The lowest BCUT2D eigenvalue weighted by molar-refractivity contribution is 0.880. The summed E-state index contributed by atoms with van der Waals surface area (Å²) < 4.78 is 1.69. The van der Waals surface area contributed by atoms with Crippen molar-refractivity contribution in [1.82, 2.24) is 14.8 Å². The van der Waals surface area contributed by atoms with Crippen molar-refractivity contribution in [3.05, 3.63) is 59.9 Å². The van der Waals surface area contributed by atoms with Crippen LogP contribution in [0.15, 0.2) is 48.8 Å². The van der Waals surface area contributed by atoms with E-state index in [0.29, 0.717) is 17.1 Å². The zero-order valence-electron chi connectivity index (χ0n) is 11.5. The number of rotatable bonds is 2. The van der Waals surface area contributed by atoms with Gasteiger partial charge in [-0.25, -0.2) is 9.67 Å². The third kappa shape index (κ3) is 2.47. The molecule has 0 saturated heterocycles. The normalized spacial score (nSPS) is 10.3. The third-order valence-electron chi connectivity index (χ3n) is 3.26. The summed E-state index contributed by atoms with van der Waals surface area (Å²) in [5.41, 5.74) is 9.75. The highest BCUT2D eigenvalue weighted by atomic mass is 15.3. The zero-order chi connectivity index (χ0) is 14.8. The van der Waals surface area contributed by atoms with Gasteiger partial charge in [-0.05, 0) is 55.0 Å². The van der Waals surface area contributed by atoms with E-state index in [-0.39, 0.29) is 0 Å². The first kappa shape index (κ1) is 12.9. The molecule has 0 atom stereocenters. The fourth-order valence-electron chi connectivity index (χ4n) is 2.07. The second kappa shape index (κ2) is 5.10. The van der Waals surface area contributed by atoms with Crippen LogP contribution in [-0.4, -0.2) is 14.8 Å². The summed E-state index contributed by atoms with van der Waals surface area (Å²) in [4.78, 5) is 4.31. The van der Waals surface area contributed by atoms with Crippen molar-refractivity contribution in [1.29, 1.82) is 5.26 Å². The van der Waals surface area contributed by atoms with Gasteiger partial charge in [0.1, 0.15) is 6.33 Å². The Morgan fingerprint density at radius 3 is 2.57 bits per heavy atom. The number of hydrogen-bond acceptors (Lipinski definition) is 4. The van der Waals surface area contributed by atoms with Crippen molar-refractivity contribution in [3.63, 3.8) is 0 Å². The Labute approximate surface area is 122 Å². The molecule has 1 aromatic heterocycles. The smallest absolute Gasteiger partial charge is 0.181 e. The van der Waals surface area contributed by atoms with Gasteiger partial charge in [0, 0.05) is 11.3 Å². The molecule has 2 aromatic carbocycles. The lowest BCUT2D eigenvalue weighted by atomic mass is 10.1. The number of nitrogens with two attached hydrogens (primary N) is 1. The van der Waals surface area contributed by atoms with E-state index in [4.69, 9.17) is 11.0 Å². The molecule has 0 aliphatic rings. The Morgan fingerprint density at radius 2 is 1.90 bits per heavy atom. The summed E-state index contributed by atoms with van der Waals surface area (Å²) in [7, 11) is 0. The van der Waals surface area contributed by atoms with Crippen molar-refractivity contribution in [2.45, 2.75) is 6.92 Å². The largest absolute Gasteiger partial charge is 0.399 e. The second-order valence-electron chi connectivity index (χ2n) is 4.75. The number of benzene rings is 2. The molecule has 3 rings (SSSR count). The van der Waals surface area contributed by atoms with Crippen LogP contribution in [0.4, 0.5) is 5.69 Å². The number of aryl methyl sites for hydroxylation is 1. The molecule has 0 fully saturated rings. The van der Waals surface area contributed by atoms with E-state index in [1.54, 1.807) is 17.1 Å². The van der Waals surface area contributed by atoms with Crippen LogP contribution in [0.25, 0.3) is 17.1 Å². The molecule has 0 aliphatic heterocycles. The van der Waals surface area contributed by atoms with Gasteiger partial charge in [0.2, 0.25) is 0 Å². The quantitative estimate of drug-likeness (QED) is 0.729. The topological polar surface area (TPSA) is 80.5 Å². The standard InChI is InChI=1S/C16H13N5/c1-11-8-15(7-4-13(11)9-17)21-10-19-16(20-21)12-2-5-14(18)6-3-12/h2-8,10H,18H2,1H3. The fraction of sp³-hybridized carbons (Fsp3) is 0.0625. The Kier molecular flexibility index (Phi) is 3.13. The average molecular weight is 275 g/mol. The summed E-state index contributed by atoms with van der Waals surface area (Å²) in [5, 5.41) is 13.4. The minimum absolute atomic E-state index is 0.636. The molecule has 0 spiro atoms. The maximum Gasteiger partial charge on any atom is 0.181 e. The molecule has 0 aliphatic carbocycles. The Hall–Kier alpha value is -3.13. The number of anilines is 1. The third-order valence-corrected chi connectivity index (χ3v) is 3.26. The van der Waals surface area contributed by atoms with E-state index in [2.05, 4.69) is 16.2 Å². The summed E-state index contributed by atoms with van der Waals surface area (Å²) in [6.45, 7) is 1.90. The Morgan fingerprint density at radius 1 is 1.14 bits per heavy atom. The van der Waals surface area contributed by atoms with Crippen molar-refractivity contribution in [3.8, 4) is 23.1 Å². The molecule has 0 unspecified atom stereocenters. The Bertz CT molecular complexity index is 825. The van der Waals surface area contributed by atoms with Gasteiger partial charge in [0.25, 0.3) is 0 Å². The van der Waals surface area contributed by atoms with Gasteiger partial charge < -0.3 is 5.73 Å². The number of nitriles is 1. The summed E-state index contributed by atoms with van der Waals surface area (Å²) in [5.74, 6) is 0.636. The van der Waals surface area contributed by atoms with E-state index in [1.165, 1.54) is 0 Å². The molecule has 5 heteroatoms. The molecule has 2 N–H and O–H groups in total. The van der Waals surface area contributed by atoms with Crippen LogP contribution >= 0.6 is 0 Å². The summed E-state index contributed by atoms with van der Waals surface area (Å²) in [6, 6.07) is 15.1. The first-order chi connectivity index (χ1) is 10.2. The highest BCUT2D eigenvalue weighted by Crippen LogP contribution is 2.18. The van der Waals surface area contributed by atoms with Crippen LogP contribution in [-0.2, 0) is 0 Å². The predicted octanol–water partition coefficient (Wildman–Crippen LogP) is 2.70. The second-order valence-corrected chi connectivity index (χ2v) is 4.75. The number of hydrogen-bond donors (Lipinski definition) is 1. The maximum absolute atomic E-state index is 8.96. The number of aromatic nitrogens is 3. The number of nitrogens with zero attached hydrogens (tertiary/aromatic N) is 4. The first-order valence-electron chi connectivity index (χ1n) is 6.46. The van der Waals surface area contributed by atoms with Gasteiger partial charge in [-0.2, -0.15) is 5.26 Å². The monoisotopic (exact) mass is 275 g/mol. The lowest BCUT2D eigenvalue weighted by Gasteiger charge is -2.03. The van der Waals surface area contributed by atoms with Crippen LogP contribution in [0.2, 0.25) is 0 Å². The van der Waals surface area contributed by atoms with E-state index >= 15 is 0 Å².